The van der Waals surface area contributed by atoms with Crippen LogP contribution in [0.15, 0.2) is 16.6 Å². The van der Waals surface area contributed by atoms with Crippen LogP contribution in [0.1, 0.15) is 50.7 Å². The SMILES string of the molecule is Cc1cc(NC2(CN)CCC(C(C)C)CC2)cc(C)c1Br. The Hall–Kier alpha value is -0.540. The Bertz CT molecular complexity index is 465. The molecular formula is C18H29BrN2. The molecule has 2 rings (SSSR count). The summed E-state index contributed by atoms with van der Waals surface area (Å²) in [7, 11) is 0. The van der Waals surface area contributed by atoms with Gasteiger partial charge in [0.15, 0.2) is 0 Å². The summed E-state index contributed by atoms with van der Waals surface area (Å²) in [5.74, 6) is 1.65. The fourth-order valence-corrected chi connectivity index (χ4v) is 3.79. The number of anilines is 1. The molecule has 118 valence electrons. The van der Waals surface area contributed by atoms with E-state index in [0.717, 1.165) is 11.8 Å². The van der Waals surface area contributed by atoms with Crippen LogP contribution in [0.3, 0.4) is 0 Å². The minimum absolute atomic E-state index is 0.0814. The van der Waals surface area contributed by atoms with Crippen LogP contribution in [0.5, 0.6) is 0 Å². The molecule has 0 aliphatic heterocycles. The smallest absolute Gasteiger partial charge is 0.0495 e. The first kappa shape index (κ1) is 16.8. The van der Waals surface area contributed by atoms with Gasteiger partial charge in [0.2, 0.25) is 0 Å². The van der Waals surface area contributed by atoms with Gasteiger partial charge >= 0.3 is 0 Å². The maximum absolute atomic E-state index is 6.14. The second kappa shape index (κ2) is 6.70. The van der Waals surface area contributed by atoms with Gasteiger partial charge in [0, 0.05) is 22.2 Å². The topological polar surface area (TPSA) is 38.0 Å². The zero-order valence-electron chi connectivity index (χ0n) is 13.8. The number of hydrogen-bond donors (Lipinski definition) is 2. The molecule has 0 saturated heterocycles. The maximum Gasteiger partial charge on any atom is 0.0495 e. The third-order valence-corrected chi connectivity index (χ3v) is 6.42. The molecule has 0 unspecified atom stereocenters. The molecule has 21 heavy (non-hydrogen) atoms. The van der Waals surface area contributed by atoms with Gasteiger partial charge in [0.05, 0.1) is 0 Å². The van der Waals surface area contributed by atoms with Crippen molar-refractivity contribution in [3.63, 3.8) is 0 Å². The molecule has 2 nitrogen and oxygen atoms in total. The monoisotopic (exact) mass is 352 g/mol. The van der Waals surface area contributed by atoms with E-state index in [9.17, 15) is 0 Å². The highest BCUT2D eigenvalue weighted by Gasteiger charge is 2.35. The van der Waals surface area contributed by atoms with Crippen LogP contribution < -0.4 is 11.1 Å². The summed E-state index contributed by atoms with van der Waals surface area (Å²) in [6, 6.07) is 4.45. The summed E-state index contributed by atoms with van der Waals surface area (Å²) in [5.41, 5.74) is 9.99. The van der Waals surface area contributed by atoms with E-state index in [-0.39, 0.29) is 5.54 Å². The highest BCUT2D eigenvalue weighted by atomic mass is 79.9. The zero-order valence-corrected chi connectivity index (χ0v) is 15.4. The average Bonchev–Trinajstić information content (AvgIpc) is 2.45. The average molecular weight is 353 g/mol. The zero-order chi connectivity index (χ0) is 15.6. The quantitative estimate of drug-likeness (QED) is 0.797. The van der Waals surface area contributed by atoms with Crippen LogP contribution in [0.25, 0.3) is 0 Å². The lowest BCUT2D eigenvalue weighted by atomic mass is 9.72. The molecule has 1 aliphatic carbocycles. The molecule has 1 aliphatic rings. The first-order valence-corrected chi connectivity index (χ1v) is 8.91. The van der Waals surface area contributed by atoms with Crippen molar-refractivity contribution in [3.05, 3.63) is 27.7 Å². The number of nitrogens with one attached hydrogen (secondary N) is 1. The first-order valence-electron chi connectivity index (χ1n) is 8.12. The number of hydrogen-bond acceptors (Lipinski definition) is 2. The molecule has 0 radical (unpaired) electrons. The normalized spacial score (nSPS) is 26.1. The van der Waals surface area contributed by atoms with Gasteiger partial charge in [0.1, 0.15) is 0 Å². The lowest BCUT2D eigenvalue weighted by Gasteiger charge is -2.42. The number of halogens is 1. The van der Waals surface area contributed by atoms with Crippen molar-refractivity contribution >= 4 is 21.6 Å². The van der Waals surface area contributed by atoms with E-state index in [4.69, 9.17) is 5.73 Å². The number of benzene rings is 1. The van der Waals surface area contributed by atoms with E-state index in [1.165, 1.54) is 47.0 Å². The molecule has 1 aromatic carbocycles. The van der Waals surface area contributed by atoms with Crippen molar-refractivity contribution < 1.29 is 0 Å². The second-order valence-electron chi connectivity index (χ2n) is 7.11. The Labute approximate surface area is 138 Å². The molecule has 0 heterocycles. The molecule has 0 spiro atoms. The van der Waals surface area contributed by atoms with Gasteiger partial charge in [-0.2, -0.15) is 0 Å². The summed E-state index contributed by atoms with van der Waals surface area (Å²) in [5, 5.41) is 3.77. The largest absolute Gasteiger partial charge is 0.378 e. The summed E-state index contributed by atoms with van der Waals surface area (Å²) in [4.78, 5) is 0. The van der Waals surface area contributed by atoms with Crippen molar-refractivity contribution in [2.24, 2.45) is 17.6 Å². The summed E-state index contributed by atoms with van der Waals surface area (Å²) >= 11 is 3.64. The predicted octanol–water partition coefficient (Wildman–Crippen LogP) is 5.02. The summed E-state index contributed by atoms with van der Waals surface area (Å²) in [6.45, 7) is 9.69. The fraction of sp³-hybridized carbons (Fsp3) is 0.667. The lowest BCUT2D eigenvalue weighted by molar-refractivity contribution is 0.213. The van der Waals surface area contributed by atoms with E-state index in [2.05, 4.69) is 61.1 Å². The summed E-state index contributed by atoms with van der Waals surface area (Å²) in [6.07, 6.45) is 4.94. The van der Waals surface area contributed by atoms with Crippen LogP contribution >= 0.6 is 15.9 Å². The maximum atomic E-state index is 6.14. The lowest BCUT2D eigenvalue weighted by Crippen LogP contribution is -2.48. The van der Waals surface area contributed by atoms with Gasteiger partial charge in [-0.15, -0.1) is 0 Å². The van der Waals surface area contributed by atoms with Crippen molar-refractivity contribution in [2.45, 2.75) is 58.9 Å². The first-order chi connectivity index (χ1) is 9.87. The van der Waals surface area contributed by atoms with Crippen LogP contribution in [0, 0.1) is 25.7 Å². The molecule has 3 N–H and O–H groups in total. The van der Waals surface area contributed by atoms with Gasteiger partial charge < -0.3 is 11.1 Å². The van der Waals surface area contributed by atoms with E-state index in [0.29, 0.717) is 6.54 Å². The molecule has 1 aromatic rings. The van der Waals surface area contributed by atoms with Gasteiger partial charge in [-0.1, -0.05) is 29.8 Å². The third kappa shape index (κ3) is 3.81. The standard InChI is InChI=1S/C18H29BrN2/c1-12(2)15-5-7-18(11-20,8-6-15)21-16-9-13(3)17(19)14(4)10-16/h9-10,12,15,21H,5-8,11,20H2,1-4H3. The number of rotatable bonds is 4. The van der Waals surface area contributed by atoms with E-state index in [1.807, 2.05) is 0 Å². The van der Waals surface area contributed by atoms with Gasteiger partial charge in [0.25, 0.3) is 0 Å². The van der Waals surface area contributed by atoms with E-state index in [1.54, 1.807) is 0 Å². The Morgan fingerprint density at radius 3 is 2.19 bits per heavy atom. The van der Waals surface area contributed by atoms with Crippen LogP contribution in [0.4, 0.5) is 5.69 Å². The molecular weight excluding hydrogens is 324 g/mol. The summed E-state index contributed by atoms with van der Waals surface area (Å²) < 4.78 is 1.21. The molecule has 0 atom stereocenters. The molecule has 0 aromatic heterocycles. The highest BCUT2D eigenvalue weighted by Crippen LogP contribution is 2.38. The molecule has 1 saturated carbocycles. The van der Waals surface area contributed by atoms with Gasteiger partial charge in [-0.25, -0.2) is 0 Å². The highest BCUT2D eigenvalue weighted by molar-refractivity contribution is 9.10. The van der Waals surface area contributed by atoms with E-state index < -0.39 is 0 Å². The van der Waals surface area contributed by atoms with Crippen molar-refractivity contribution in [1.82, 2.24) is 0 Å². The second-order valence-corrected chi connectivity index (χ2v) is 7.91. The van der Waals surface area contributed by atoms with Gasteiger partial charge in [-0.3, -0.25) is 0 Å². The van der Waals surface area contributed by atoms with Crippen LogP contribution in [0.2, 0.25) is 0 Å². The Kier molecular flexibility index (Phi) is 5.37. The van der Waals surface area contributed by atoms with Gasteiger partial charge in [-0.05, 0) is 74.6 Å². The minimum Gasteiger partial charge on any atom is -0.378 e. The molecule has 3 heteroatoms. The number of nitrogens with two attached hydrogens (primary N) is 1. The molecule has 0 bridgehead atoms. The van der Waals surface area contributed by atoms with Crippen LogP contribution in [-0.2, 0) is 0 Å². The molecule has 0 amide bonds. The van der Waals surface area contributed by atoms with Crippen LogP contribution in [-0.4, -0.2) is 12.1 Å². The van der Waals surface area contributed by atoms with E-state index >= 15 is 0 Å². The van der Waals surface area contributed by atoms with Crippen molar-refractivity contribution in [2.75, 3.05) is 11.9 Å². The van der Waals surface area contributed by atoms with Crippen molar-refractivity contribution in [3.8, 4) is 0 Å². The molecule has 1 fully saturated rings. The predicted molar refractivity (Wildman–Crippen MR) is 95.8 cm³/mol. The Morgan fingerprint density at radius 2 is 1.76 bits per heavy atom. The minimum atomic E-state index is 0.0814. The Morgan fingerprint density at radius 1 is 1.24 bits per heavy atom. The Balaban J connectivity index is 2.13. The fourth-order valence-electron chi connectivity index (χ4n) is 3.56. The third-order valence-electron chi connectivity index (χ3n) is 5.17. The number of aryl methyl sites for hydroxylation is 2. The van der Waals surface area contributed by atoms with Crippen molar-refractivity contribution in [1.29, 1.82) is 0 Å².